The molecular formula is C15H22ClNO3S. The Balaban J connectivity index is 3.21. The van der Waals surface area contributed by atoms with Gasteiger partial charge in [-0.25, -0.2) is 12.7 Å². The van der Waals surface area contributed by atoms with Crippen molar-refractivity contribution in [1.29, 1.82) is 0 Å². The second kappa shape index (κ2) is 6.90. The predicted octanol–water partition coefficient (Wildman–Crippen LogP) is 2.87. The van der Waals surface area contributed by atoms with E-state index in [4.69, 9.17) is 11.6 Å². The summed E-state index contributed by atoms with van der Waals surface area (Å²) in [6, 6.07) is 0. The number of ketones is 1. The molecule has 21 heavy (non-hydrogen) atoms. The summed E-state index contributed by atoms with van der Waals surface area (Å²) in [6.45, 7) is 7.45. The summed E-state index contributed by atoms with van der Waals surface area (Å²) in [5, 5.41) is 0. The van der Waals surface area contributed by atoms with E-state index < -0.39 is 20.1 Å². The lowest BCUT2D eigenvalue weighted by atomic mass is 9.90. The monoisotopic (exact) mass is 331 g/mol. The van der Waals surface area contributed by atoms with Crippen LogP contribution in [0.2, 0.25) is 0 Å². The summed E-state index contributed by atoms with van der Waals surface area (Å²) in [5.41, 5.74) is 0.193. The molecule has 0 aromatic rings. The molecule has 0 amide bonds. The van der Waals surface area contributed by atoms with Gasteiger partial charge in [-0.05, 0) is 25.0 Å². The fourth-order valence-electron chi connectivity index (χ4n) is 2.16. The van der Waals surface area contributed by atoms with Crippen LogP contribution in [-0.4, -0.2) is 36.3 Å². The zero-order chi connectivity index (χ0) is 16.3. The molecule has 1 rings (SSSR count). The number of hydrogen-bond donors (Lipinski definition) is 0. The van der Waals surface area contributed by atoms with Crippen molar-refractivity contribution < 1.29 is 13.2 Å². The van der Waals surface area contributed by atoms with Gasteiger partial charge in [-0.3, -0.25) is 4.79 Å². The highest BCUT2D eigenvalue weighted by molar-refractivity contribution is 7.92. The quantitative estimate of drug-likeness (QED) is 0.532. The summed E-state index contributed by atoms with van der Waals surface area (Å²) in [6.07, 6.45) is 7.94. The first-order valence-corrected chi connectivity index (χ1v) is 8.70. The molecule has 0 aromatic carbocycles. The highest BCUT2D eigenvalue weighted by Gasteiger charge is 2.50. The topological polar surface area (TPSA) is 54.5 Å². The Kier molecular flexibility index (Phi) is 5.96. The van der Waals surface area contributed by atoms with Gasteiger partial charge in [-0.15, -0.1) is 0 Å². The highest BCUT2D eigenvalue weighted by Crippen LogP contribution is 2.42. The van der Waals surface area contributed by atoms with Gasteiger partial charge in [0.05, 0.1) is 0 Å². The average molecular weight is 332 g/mol. The maximum atomic E-state index is 12.8. The molecular weight excluding hydrogens is 310 g/mol. The van der Waals surface area contributed by atoms with Crippen molar-refractivity contribution in [1.82, 2.24) is 4.31 Å². The van der Waals surface area contributed by atoms with Gasteiger partial charge in [0.2, 0.25) is 10.0 Å². The molecule has 1 aliphatic rings. The first-order chi connectivity index (χ1) is 9.68. The number of sulfonamides is 1. The van der Waals surface area contributed by atoms with Crippen molar-refractivity contribution >= 4 is 27.4 Å². The highest BCUT2D eigenvalue weighted by atomic mass is 35.5. The Bertz CT molecular complexity index is 580. The maximum absolute atomic E-state index is 12.8. The molecule has 118 valence electrons. The number of alkyl halides is 1. The van der Waals surface area contributed by atoms with Gasteiger partial charge in [0, 0.05) is 19.5 Å². The number of carbonyl (C=O) groups excluding carboxylic acids is 1. The molecule has 0 fully saturated rings. The zero-order valence-corrected chi connectivity index (χ0v) is 14.2. The van der Waals surface area contributed by atoms with Gasteiger partial charge in [0.15, 0.2) is 9.99 Å². The molecule has 0 saturated carbocycles. The molecule has 4 nitrogen and oxygen atoms in total. The van der Waals surface area contributed by atoms with Crippen molar-refractivity contribution in [3.8, 4) is 0 Å². The maximum Gasteiger partial charge on any atom is 0.238 e. The lowest BCUT2D eigenvalue weighted by molar-refractivity contribution is -0.114. The average Bonchev–Trinajstić information content (AvgIpc) is 2.44. The second-order valence-corrected chi connectivity index (χ2v) is 8.28. The third kappa shape index (κ3) is 3.47. The number of halogens is 1. The number of nitrogens with zero attached hydrogens (tertiary/aromatic N) is 1. The third-order valence-corrected chi connectivity index (χ3v) is 6.75. The van der Waals surface area contributed by atoms with E-state index in [2.05, 4.69) is 6.58 Å². The van der Waals surface area contributed by atoms with Gasteiger partial charge in [-0.2, -0.15) is 0 Å². The largest absolute Gasteiger partial charge is 0.295 e. The van der Waals surface area contributed by atoms with Crippen LogP contribution in [0.3, 0.4) is 0 Å². The summed E-state index contributed by atoms with van der Waals surface area (Å²) < 4.78 is 25.2. The van der Waals surface area contributed by atoms with Crippen LogP contribution >= 0.6 is 11.6 Å². The van der Waals surface area contributed by atoms with Gasteiger partial charge in [0.25, 0.3) is 0 Å². The lowest BCUT2D eigenvalue weighted by Crippen LogP contribution is -2.48. The molecule has 0 saturated heterocycles. The molecule has 0 heterocycles. The van der Waals surface area contributed by atoms with Gasteiger partial charge in [-0.1, -0.05) is 49.8 Å². The summed E-state index contributed by atoms with van der Waals surface area (Å²) in [5.74, 6) is -1.04. The molecule has 0 spiro atoms. The van der Waals surface area contributed by atoms with Crippen molar-refractivity contribution in [2.24, 2.45) is 5.92 Å². The number of carbonyl (C=O) groups is 1. The minimum absolute atomic E-state index is 0.193. The first-order valence-electron chi connectivity index (χ1n) is 6.89. The van der Waals surface area contributed by atoms with Crippen LogP contribution in [0.5, 0.6) is 0 Å². The molecule has 0 N–H and O–H groups in total. The minimum atomic E-state index is -3.81. The lowest BCUT2D eigenvalue weighted by Gasteiger charge is -2.36. The van der Waals surface area contributed by atoms with Gasteiger partial charge < -0.3 is 0 Å². The van der Waals surface area contributed by atoms with E-state index in [-0.39, 0.29) is 11.4 Å². The van der Waals surface area contributed by atoms with Crippen LogP contribution in [0, 0.1) is 5.92 Å². The molecule has 1 aliphatic carbocycles. The summed E-state index contributed by atoms with van der Waals surface area (Å²) >= 11 is 6.46. The Labute approximate surface area is 132 Å². The predicted molar refractivity (Wildman–Crippen MR) is 86.6 cm³/mol. The fourth-order valence-corrected chi connectivity index (χ4v) is 4.43. The normalized spacial score (nSPS) is 25.3. The number of unbranched alkanes of at least 4 members (excludes halogenated alkanes) is 1. The van der Waals surface area contributed by atoms with Crippen LogP contribution in [0.15, 0.2) is 36.5 Å². The van der Waals surface area contributed by atoms with E-state index in [0.717, 1.165) is 12.8 Å². The standard InChI is InChI=1S/C15H22ClNO3S/c1-5-6-11-17(4)21(19,20)15(16)10-8-7-9-14(15)12(2)13(3)18/h7-10,14H,2,5-6,11H2,1,3-4H3. The van der Waals surface area contributed by atoms with Crippen LogP contribution in [-0.2, 0) is 14.8 Å². The van der Waals surface area contributed by atoms with Crippen molar-refractivity contribution in [2.45, 2.75) is 30.9 Å². The van der Waals surface area contributed by atoms with Crippen molar-refractivity contribution in [2.75, 3.05) is 13.6 Å². The first kappa shape index (κ1) is 18.1. The van der Waals surface area contributed by atoms with E-state index in [9.17, 15) is 13.2 Å². The van der Waals surface area contributed by atoms with E-state index in [0.29, 0.717) is 6.54 Å². The zero-order valence-electron chi connectivity index (χ0n) is 12.7. The molecule has 2 atom stereocenters. The van der Waals surface area contributed by atoms with Crippen LogP contribution < -0.4 is 0 Å². The molecule has 2 unspecified atom stereocenters. The number of Topliss-reactive ketones (excluding diaryl/α,β-unsaturated/α-hetero) is 1. The second-order valence-electron chi connectivity index (χ2n) is 5.18. The smallest absolute Gasteiger partial charge is 0.238 e. The number of hydrogen-bond acceptors (Lipinski definition) is 3. The fraction of sp³-hybridized carbons (Fsp3) is 0.533. The molecule has 6 heteroatoms. The Morgan fingerprint density at radius 3 is 2.57 bits per heavy atom. The van der Waals surface area contributed by atoms with E-state index in [1.54, 1.807) is 18.2 Å². The Morgan fingerprint density at radius 2 is 2.05 bits per heavy atom. The van der Waals surface area contributed by atoms with Gasteiger partial charge >= 0.3 is 0 Å². The number of allylic oxidation sites excluding steroid dienone is 4. The van der Waals surface area contributed by atoms with E-state index in [1.165, 1.54) is 24.4 Å². The number of rotatable bonds is 7. The van der Waals surface area contributed by atoms with Crippen molar-refractivity contribution in [3.63, 3.8) is 0 Å². The molecule has 0 bridgehead atoms. The molecule has 0 radical (unpaired) electrons. The van der Waals surface area contributed by atoms with Crippen LogP contribution in [0.4, 0.5) is 0 Å². The third-order valence-electron chi connectivity index (χ3n) is 3.62. The molecule has 0 aliphatic heterocycles. The van der Waals surface area contributed by atoms with E-state index in [1.807, 2.05) is 6.92 Å². The van der Waals surface area contributed by atoms with E-state index >= 15 is 0 Å². The molecule has 0 aromatic heterocycles. The summed E-state index contributed by atoms with van der Waals surface area (Å²) in [7, 11) is -2.31. The van der Waals surface area contributed by atoms with Crippen LogP contribution in [0.1, 0.15) is 26.7 Å². The summed E-state index contributed by atoms with van der Waals surface area (Å²) in [4.78, 5) is 11.6. The minimum Gasteiger partial charge on any atom is -0.295 e. The van der Waals surface area contributed by atoms with Crippen molar-refractivity contribution in [3.05, 3.63) is 36.5 Å². The Morgan fingerprint density at radius 1 is 1.43 bits per heavy atom. The van der Waals surface area contributed by atoms with Crippen LogP contribution in [0.25, 0.3) is 0 Å². The SMILES string of the molecule is C=C(C(C)=O)C1C=CC=CC1(Cl)S(=O)(=O)N(C)CCCC. The Hall–Kier alpha value is -0.910. The van der Waals surface area contributed by atoms with Gasteiger partial charge in [0.1, 0.15) is 0 Å².